The van der Waals surface area contributed by atoms with Gasteiger partial charge >= 0.3 is 12.0 Å². The molecule has 2 fully saturated rings. The Morgan fingerprint density at radius 3 is 2.54 bits per heavy atom. The number of carbonyl (C=O) groups is 4. The molecule has 1 spiro atoms. The molecule has 1 saturated carbocycles. The van der Waals surface area contributed by atoms with Crippen molar-refractivity contribution in [2.24, 2.45) is 0 Å². The molecule has 0 bridgehead atoms. The third-order valence-electron chi connectivity index (χ3n) is 5.00. The molecule has 1 heterocycles. The first-order valence-corrected chi connectivity index (χ1v) is 9.58. The van der Waals surface area contributed by atoms with Crippen LogP contribution < -0.4 is 10.6 Å². The number of amides is 4. The van der Waals surface area contributed by atoms with Gasteiger partial charge < -0.3 is 15.4 Å². The number of ether oxygens (including phenoxy) is 1. The van der Waals surface area contributed by atoms with Crippen LogP contribution in [0.3, 0.4) is 0 Å². The molecule has 0 aromatic heterocycles. The van der Waals surface area contributed by atoms with Crippen molar-refractivity contribution in [1.29, 1.82) is 0 Å². The quantitative estimate of drug-likeness (QED) is 0.525. The normalized spacial score (nSPS) is 17.7. The summed E-state index contributed by atoms with van der Waals surface area (Å²) < 4.78 is 4.89. The summed E-state index contributed by atoms with van der Waals surface area (Å²) >= 11 is 5.81. The maximum absolute atomic E-state index is 12.5. The Kier molecular flexibility index (Phi) is 6.18. The summed E-state index contributed by atoms with van der Waals surface area (Å²) in [5.41, 5.74) is 0.150. The molecule has 0 unspecified atom stereocenters. The fourth-order valence-corrected chi connectivity index (χ4v) is 3.63. The molecular weight excluding hydrogens is 386 g/mol. The van der Waals surface area contributed by atoms with Gasteiger partial charge in [0, 0.05) is 11.6 Å². The van der Waals surface area contributed by atoms with E-state index >= 15 is 0 Å². The molecule has 1 aliphatic heterocycles. The highest BCUT2D eigenvalue weighted by atomic mass is 35.5. The SMILES string of the molecule is O=C(COC(=O)CN1C(=O)NC2(CCCC2)C1=O)NCCc1ccc(Cl)cc1. The van der Waals surface area contributed by atoms with Crippen LogP contribution in [0.25, 0.3) is 0 Å². The van der Waals surface area contributed by atoms with Crippen LogP contribution in [-0.4, -0.2) is 54.0 Å². The van der Waals surface area contributed by atoms with Crippen molar-refractivity contribution >= 4 is 35.4 Å². The van der Waals surface area contributed by atoms with Crippen LogP contribution in [0.5, 0.6) is 0 Å². The molecule has 0 radical (unpaired) electrons. The van der Waals surface area contributed by atoms with Crippen molar-refractivity contribution in [3.05, 3.63) is 34.9 Å². The van der Waals surface area contributed by atoms with Gasteiger partial charge in [-0.15, -0.1) is 0 Å². The molecule has 1 aromatic rings. The van der Waals surface area contributed by atoms with Gasteiger partial charge in [-0.1, -0.05) is 36.6 Å². The molecule has 3 rings (SSSR count). The summed E-state index contributed by atoms with van der Waals surface area (Å²) in [6.07, 6.45) is 3.50. The van der Waals surface area contributed by atoms with Gasteiger partial charge in [0.05, 0.1) is 0 Å². The highest BCUT2D eigenvalue weighted by Crippen LogP contribution is 2.34. The summed E-state index contributed by atoms with van der Waals surface area (Å²) in [5, 5.41) is 5.97. The monoisotopic (exact) mass is 407 g/mol. The topological polar surface area (TPSA) is 105 Å². The first-order valence-electron chi connectivity index (χ1n) is 9.20. The van der Waals surface area contributed by atoms with E-state index in [1.807, 2.05) is 12.1 Å². The largest absolute Gasteiger partial charge is 0.454 e. The lowest BCUT2D eigenvalue weighted by Crippen LogP contribution is -2.44. The molecule has 150 valence electrons. The molecule has 0 atom stereocenters. The smallest absolute Gasteiger partial charge is 0.326 e. The number of hydrogen-bond donors (Lipinski definition) is 2. The van der Waals surface area contributed by atoms with E-state index in [1.165, 1.54) is 0 Å². The third-order valence-corrected chi connectivity index (χ3v) is 5.26. The van der Waals surface area contributed by atoms with Crippen LogP contribution in [0.15, 0.2) is 24.3 Å². The van der Waals surface area contributed by atoms with Gasteiger partial charge in [-0.3, -0.25) is 19.3 Å². The Morgan fingerprint density at radius 1 is 1.18 bits per heavy atom. The van der Waals surface area contributed by atoms with Gasteiger partial charge in [0.2, 0.25) is 0 Å². The maximum Gasteiger partial charge on any atom is 0.326 e. The molecule has 28 heavy (non-hydrogen) atoms. The second kappa shape index (κ2) is 8.60. The lowest BCUT2D eigenvalue weighted by atomic mass is 9.98. The first kappa shape index (κ1) is 20.1. The lowest BCUT2D eigenvalue weighted by molar-refractivity contribution is -0.151. The number of halogens is 1. The number of benzene rings is 1. The van der Waals surface area contributed by atoms with Gasteiger partial charge in [0.25, 0.3) is 11.8 Å². The second-order valence-corrected chi connectivity index (χ2v) is 7.43. The zero-order valence-electron chi connectivity index (χ0n) is 15.3. The molecule has 1 saturated heterocycles. The number of nitrogens with zero attached hydrogens (tertiary/aromatic N) is 1. The molecule has 9 heteroatoms. The predicted octanol–water partition coefficient (Wildman–Crippen LogP) is 1.41. The first-order chi connectivity index (χ1) is 13.4. The maximum atomic E-state index is 12.5. The van der Waals surface area contributed by atoms with Gasteiger partial charge in [0.1, 0.15) is 12.1 Å². The number of urea groups is 1. The third kappa shape index (κ3) is 4.62. The number of esters is 1. The lowest BCUT2D eigenvalue weighted by Gasteiger charge is -2.19. The van der Waals surface area contributed by atoms with Crippen LogP contribution in [-0.2, 0) is 25.5 Å². The van der Waals surface area contributed by atoms with Crippen molar-refractivity contribution in [2.75, 3.05) is 19.7 Å². The molecule has 2 aliphatic rings. The average molecular weight is 408 g/mol. The molecule has 8 nitrogen and oxygen atoms in total. The van der Waals surface area contributed by atoms with E-state index < -0.39 is 36.6 Å². The van der Waals surface area contributed by atoms with Gasteiger partial charge in [-0.2, -0.15) is 0 Å². The number of imide groups is 1. The van der Waals surface area contributed by atoms with E-state index in [0.29, 0.717) is 30.8 Å². The minimum Gasteiger partial charge on any atom is -0.454 e. The summed E-state index contributed by atoms with van der Waals surface area (Å²) in [7, 11) is 0. The molecule has 1 aliphatic carbocycles. The van der Waals surface area contributed by atoms with Crippen LogP contribution in [0.1, 0.15) is 31.2 Å². The molecule has 1 aromatic carbocycles. The fourth-order valence-electron chi connectivity index (χ4n) is 3.51. The van der Waals surface area contributed by atoms with E-state index in [0.717, 1.165) is 23.3 Å². The van der Waals surface area contributed by atoms with E-state index in [4.69, 9.17) is 16.3 Å². The zero-order chi connectivity index (χ0) is 20.1. The summed E-state index contributed by atoms with van der Waals surface area (Å²) in [6.45, 7) is -0.577. The molecule has 2 N–H and O–H groups in total. The van der Waals surface area contributed by atoms with Crippen LogP contribution in [0.2, 0.25) is 5.02 Å². The van der Waals surface area contributed by atoms with Crippen LogP contribution >= 0.6 is 11.6 Å². The van der Waals surface area contributed by atoms with Crippen molar-refractivity contribution in [2.45, 2.75) is 37.6 Å². The summed E-state index contributed by atoms with van der Waals surface area (Å²) in [5.74, 6) is -1.64. The Labute approximate surface area is 167 Å². The second-order valence-electron chi connectivity index (χ2n) is 7.00. The van der Waals surface area contributed by atoms with Crippen LogP contribution in [0.4, 0.5) is 4.79 Å². The van der Waals surface area contributed by atoms with E-state index in [9.17, 15) is 19.2 Å². The van der Waals surface area contributed by atoms with Gasteiger partial charge in [0.15, 0.2) is 6.61 Å². The minimum atomic E-state index is -0.865. The molecular formula is C19H22ClN3O5. The average Bonchev–Trinajstić information content (AvgIpc) is 3.22. The summed E-state index contributed by atoms with van der Waals surface area (Å²) in [4.78, 5) is 49.1. The zero-order valence-corrected chi connectivity index (χ0v) is 16.1. The van der Waals surface area contributed by atoms with Gasteiger partial charge in [-0.05, 0) is 37.0 Å². The Bertz CT molecular complexity index is 774. The van der Waals surface area contributed by atoms with Crippen molar-refractivity contribution in [1.82, 2.24) is 15.5 Å². The Morgan fingerprint density at radius 2 is 1.86 bits per heavy atom. The van der Waals surface area contributed by atoms with Crippen molar-refractivity contribution in [3.8, 4) is 0 Å². The number of hydrogen-bond acceptors (Lipinski definition) is 5. The highest BCUT2D eigenvalue weighted by Gasteiger charge is 2.52. The number of rotatable bonds is 7. The van der Waals surface area contributed by atoms with E-state index in [-0.39, 0.29) is 5.91 Å². The van der Waals surface area contributed by atoms with Crippen molar-refractivity contribution < 1.29 is 23.9 Å². The predicted molar refractivity (Wildman–Crippen MR) is 101 cm³/mol. The van der Waals surface area contributed by atoms with E-state index in [2.05, 4.69) is 10.6 Å². The van der Waals surface area contributed by atoms with Gasteiger partial charge in [-0.25, -0.2) is 4.79 Å². The fraction of sp³-hybridized carbons (Fsp3) is 0.474. The minimum absolute atomic E-state index is 0.382. The van der Waals surface area contributed by atoms with E-state index in [1.54, 1.807) is 12.1 Å². The number of nitrogens with one attached hydrogen (secondary N) is 2. The standard InChI is InChI=1S/C19H22ClN3O5/c20-14-5-3-13(4-6-14)7-10-21-15(24)12-28-16(25)11-23-17(26)19(22-18(23)27)8-1-2-9-19/h3-6H,1-2,7-12H2,(H,21,24)(H,22,27). The highest BCUT2D eigenvalue weighted by molar-refractivity contribution is 6.30. The van der Waals surface area contributed by atoms with Crippen molar-refractivity contribution in [3.63, 3.8) is 0 Å². The molecule has 4 amide bonds. The number of carbonyl (C=O) groups excluding carboxylic acids is 4. The Balaban J connectivity index is 1.38. The Hall–Kier alpha value is -2.61. The van der Waals surface area contributed by atoms with Crippen LogP contribution in [0, 0.1) is 0 Å². The summed E-state index contributed by atoms with van der Waals surface area (Å²) in [6, 6.07) is 6.68.